The predicted octanol–water partition coefficient (Wildman–Crippen LogP) is 2.74. The van der Waals surface area contributed by atoms with Crippen LogP contribution in [0, 0.1) is 0 Å². The SMILES string of the molecule is CC(C)S(=O)(=O)n1ccc(-c2ccccc2)c1. The Labute approximate surface area is 102 Å². The Bertz CT molecular complexity index is 597. The molecule has 0 saturated heterocycles. The van der Waals surface area contributed by atoms with Gasteiger partial charge in [0.25, 0.3) is 0 Å². The molecule has 0 fully saturated rings. The van der Waals surface area contributed by atoms with Crippen LogP contribution >= 0.6 is 0 Å². The second kappa shape index (κ2) is 4.37. The van der Waals surface area contributed by atoms with Crippen LogP contribution in [0.1, 0.15) is 13.8 Å². The van der Waals surface area contributed by atoms with Gasteiger partial charge in [-0.2, -0.15) is 0 Å². The topological polar surface area (TPSA) is 39.1 Å². The van der Waals surface area contributed by atoms with Crippen molar-refractivity contribution in [2.45, 2.75) is 19.1 Å². The zero-order chi connectivity index (χ0) is 12.5. The molecule has 0 aliphatic carbocycles. The molecular formula is C13H15NO2S. The quantitative estimate of drug-likeness (QED) is 0.839. The lowest BCUT2D eigenvalue weighted by atomic mass is 10.1. The number of rotatable bonds is 3. The molecule has 0 aliphatic rings. The van der Waals surface area contributed by atoms with Crippen molar-refractivity contribution in [3.63, 3.8) is 0 Å². The van der Waals surface area contributed by atoms with Crippen molar-refractivity contribution in [2.75, 3.05) is 0 Å². The molecule has 0 unspecified atom stereocenters. The van der Waals surface area contributed by atoms with Crippen LogP contribution < -0.4 is 0 Å². The maximum absolute atomic E-state index is 11.9. The van der Waals surface area contributed by atoms with E-state index in [0.29, 0.717) is 0 Å². The van der Waals surface area contributed by atoms with E-state index in [4.69, 9.17) is 0 Å². The Balaban J connectivity index is 2.42. The van der Waals surface area contributed by atoms with E-state index in [2.05, 4.69) is 0 Å². The predicted molar refractivity (Wildman–Crippen MR) is 69.3 cm³/mol. The van der Waals surface area contributed by atoms with Gasteiger partial charge in [0.2, 0.25) is 10.0 Å². The summed E-state index contributed by atoms with van der Waals surface area (Å²) in [6.45, 7) is 3.36. The molecule has 0 aliphatic heterocycles. The number of hydrogen-bond donors (Lipinski definition) is 0. The summed E-state index contributed by atoms with van der Waals surface area (Å²) in [5.41, 5.74) is 1.93. The molecule has 90 valence electrons. The molecule has 17 heavy (non-hydrogen) atoms. The van der Waals surface area contributed by atoms with E-state index in [1.165, 1.54) is 3.97 Å². The van der Waals surface area contributed by atoms with Gasteiger partial charge in [-0.05, 0) is 25.5 Å². The van der Waals surface area contributed by atoms with Crippen molar-refractivity contribution in [3.05, 3.63) is 48.8 Å². The summed E-state index contributed by atoms with van der Waals surface area (Å²) >= 11 is 0. The van der Waals surface area contributed by atoms with Gasteiger partial charge in [0.15, 0.2) is 0 Å². The Morgan fingerprint density at radius 1 is 1.00 bits per heavy atom. The van der Waals surface area contributed by atoms with E-state index in [9.17, 15) is 8.42 Å². The van der Waals surface area contributed by atoms with Crippen LogP contribution in [0.4, 0.5) is 0 Å². The van der Waals surface area contributed by atoms with Crippen molar-refractivity contribution < 1.29 is 8.42 Å². The Morgan fingerprint density at radius 3 is 2.24 bits per heavy atom. The van der Waals surface area contributed by atoms with Crippen LogP contribution in [0.5, 0.6) is 0 Å². The summed E-state index contributed by atoms with van der Waals surface area (Å²) in [6, 6.07) is 11.5. The van der Waals surface area contributed by atoms with Crippen LogP contribution in [0.15, 0.2) is 48.8 Å². The first kappa shape index (κ1) is 11.9. The molecule has 1 heterocycles. The van der Waals surface area contributed by atoms with Crippen molar-refractivity contribution in [3.8, 4) is 11.1 Å². The van der Waals surface area contributed by atoms with Crippen LogP contribution in [-0.2, 0) is 10.0 Å². The van der Waals surface area contributed by atoms with E-state index in [1.54, 1.807) is 26.2 Å². The maximum Gasteiger partial charge on any atom is 0.240 e. The van der Waals surface area contributed by atoms with E-state index in [0.717, 1.165) is 11.1 Å². The van der Waals surface area contributed by atoms with Crippen LogP contribution in [0.25, 0.3) is 11.1 Å². The highest BCUT2D eigenvalue weighted by Crippen LogP contribution is 2.20. The van der Waals surface area contributed by atoms with Gasteiger partial charge in [0, 0.05) is 18.0 Å². The average Bonchev–Trinajstić information content (AvgIpc) is 2.80. The molecule has 0 amide bonds. The van der Waals surface area contributed by atoms with Crippen molar-refractivity contribution >= 4 is 10.0 Å². The smallest absolute Gasteiger partial charge is 0.240 e. The minimum Gasteiger partial charge on any atom is -0.252 e. The summed E-state index contributed by atoms with van der Waals surface area (Å²) in [5.74, 6) is 0. The zero-order valence-electron chi connectivity index (χ0n) is 9.87. The summed E-state index contributed by atoms with van der Waals surface area (Å²) in [4.78, 5) is 0. The fraction of sp³-hybridized carbons (Fsp3) is 0.231. The Morgan fingerprint density at radius 2 is 1.65 bits per heavy atom. The van der Waals surface area contributed by atoms with E-state index in [1.807, 2.05) is 36.4 Å². The van der Waals surface area contributed by atoms with Gasteiger partial charge in [-0.15, -0.1) is 0 Å². The third-order valence-electron chi connectivity index (χ3n) is 2.66. The second-order valence-electron chi connectivity index (χ2n) is 4.19. The van der Waals surface area contributed by atoms with Crippen molar-refractivity contribution in [2.24, 2.45) is 0 Å². The summed E-state index contributed by atoms with van der Waals surface area (Å²) in [6.07, 6.45) is 3.25. The lowest BCUT2D eigenvalue weighted by Crippen LogP contribution is -2.20. The normalized spacial score (nSPS) is 11.9. The molecule has 4 heteroatoms. The lowest BCUT2D eigenvalue weighted by Gasteiger charge is -2.08. The number of nitrogens with zero attached hydrogens (tertiary/aromatic N) is 1. The van der Waals surface area contributed by atoms with Crippen LogP contribution in [-0.4, -0.2) is 17.6 Å². The Kier molecular flexibility index (Phi) is 3.07. The molecule has 1 aromatic carbocycles. The fourth-order valence-electron chi connectivity index (χ4n) is 1.58. The van der Waals surface area contributed by atoms with E-state index in [-0.39, 0.29) is 0 Å². The van der Waals surface area contributed by atoms with E-state index >= 15 is 0 Å². The van der Waals surface area contributed by atoms with Gasteiger partial charge in [0.1, 0.15) is 0 Å². The largest absolute Gasteiger partial charge is 0.252 e. The van der Waals surface area contributed by atoms with E-state index < -0.39 is 15.3 Å². The first-order valence-corrected chi connectivity index (χ1v) is 7.00. The molecule has 3 nitrogen and oxygen atoms in total. The molecule has 0 atom stereocenters. The van der Waals surface area contributed by atoms with Gasteiger partial charge in [-0.3, -0.25) is 3.97 Å². The molecule has 0 bridgehead atoms. The average molecular weight is 249 g/mol. The van der Waals surface area contributed by atoms with Crippen molar-refractivity contribution in [1.82, 2.24) is 3.97 Å². The van der Waals surface area contributed by atoms with Gasteiger partial charge >= 0.3 is 0 Å². The van der Waals surface area contributed by atoms with Crippen molar-refractivity contribution in [1.29, 1.82) is 0 Å². The molecule has 2 rings (SSSR count). The van der Waals surface area contributed by atoms with Gasteiger partial charge in [-0.25, -0.2) is 8.42 Å². The highest BCUT2D eigenvalue weighted by atomic mass is 32.2. The third-order valence-corrected chi connectivity index (χ3v) is 4.67. The molecule has 0 radical (unpaired) electrons. The molecule has 0 N–H and O–H groups in total. The standard InChI is InChI=1S/C13H15NO2S/c1-11(2)17(15,16)14-9-8-13(10-14)12-6-4-3-5-7-12/h3-11H,1-2H3. The van der Waals surface area contributed by atoms with Gasteiger partial charge < -0.3 is 0 Å². The molecule has 2 aromatic rings. The second-order valence-corrected chi connectivity index (χ2v) is 6.58. The van der Waals surface area contributed by atoms with Gasteiger partial charge in [0.05, 0.1) is 5.25 Å². The summed E-state index contributed by atoms with van der Waals surface area (Å²) in [7, 11) is -3.25. The maximum atomic E-state index is 11.9. The van der Waals surface area contributed by atoms with Gasteiger partial charge in [-0.1, -0.05) is 30.3 Å². The minimum absolute atomic E-state index is 0.418. The minimum atomic E-state index is -3.25. The summed E-state index contributed by atoms with van der Waals surface area (Å²) < 4.78 is 25.2. The number of hydrogen-bond acceptors (Lipinski definition) is 2. The first-order chi connectivity index (χ1) is 8.01. The fourth-order valence-corrected chi connectivity index (χ4v) is 2.56. The van der Waals surface area contributed by atoms with Crippen LogP contribution in [0.2, 0.25) is 0 Å². The first-order valence-electron chi connectivity index (χ1n) is 5.49. The molecule has 0 saturated carbocycles. The number of aromatic nitrogens is 1. The highest BCUT2D eigenvalue weighted by molar-refractivity contribution is 7.90. The monoisotopic (exact) mass is 249 g/mol. The number of benzene rings is 1. The Hall–Kier alpha value is -1.55. The lowest BCUT2D eigenvalue weighted by molar-refractivity contribution is 0.578. The summed E-state index contributed by atoms with van der Waals surface area (Å²) in [5, 5.41) is -0.418. The van der Waals surface area contributed by atoms with Crippen LogP contribution in [0.3, 0.4) is 0 Å². The third kappa shape index (κ3) is 2.26. The molecule has 0 spiro atoms. The zero-order valence-corrected chi connectivity index (χ0v) is 10.7. The molecular weight excluding hydrogens is 234 g/mol. The highest BCUT2D eigenvalue weighted by Gasteiger charge is 2.18. The molecule has 1 aromatic heterocycles.